The molecular weight excluding hydrogens is 367 g/mol. The minimum atomic E-state index is -1.04. The number of hydrogen-bond donors (Lipinski definition) is 2. The van der Waals surface area contributed by atoms with Gasteiger partial charge >= 0.3 is 5.97 Å². The summed E-state index contributed by atoms with van der Waals surface area (Å²) in [6, 6.07) is 4.83. The van der Waals surface area contributed by atoms with Crippen LogP contribution in [0.15, 0.2) is 18.2 Å². The second kappa shape index (κ2) is 8.54. The summed E-state index contributed by atoms with van der Waals surface area (Å²) >= 11 is 11.9. The number of ether oxygens (including phenoxy) is 1. The number of carbonyl (C=O) groups excluding carboxylic acids is 3. The van der Waals surface area contributed by atoms with E-state index in [4.69, 9.17) is 27.9 Å². The summed E-state index contributed by atoms with van der Waals surface area (Å²) in [5.74, 6) is -1.42. The lowest BCUT2D eigenvalue weighted by atomic mass is 9.81. The minimum absolute atomic E-state index is 0.214. The van der Waals surface area contributed by atoms with Crippen LogP contribution in [0.2, 0.25) is 10.0 Å². The zero-order chi connectivity index (χ0) is 18.4. The first-order valence-electron chi connectivity index (χ1n) is 8.04. The van der Waals surface area contributed by atoms with Gasteiger partial charge in [0.1, 0.15) is 5.54 Å². The number of rotatable bonds is 5. The first kappa shape index (κ1) is 19.5. The summed E-state index contributed by atoms with van der Waals surface area (Å²) in [5, 5.41) is 5.77. The van der Waals surface area contributed by atoms with E-state index in [-0.39, 0.29) is 10.9 Å². The highest BCUT2D eigenvalue weighted by atomic mass is 35.5. The Kier molecular flexibility index (Phi) is 6.67. The molecule has 0 heterocycles. The van der Waals surface area contributed by atoms with Crippen LogP contribution in [0.4, 0.5) is 5.69 Å². The van der Waals surface area contributed by atoms with E-state index < -0.39 is 24.0 Å². The Morgan fingerprint density at radius 3 is 2.48 bits per heavy atom. The van der Waals surface area contributed by atoms with E-state index in [0.717, 1.165) is 19.3 Å². The Morgan fingerprint density at radius 2 is 1.84 bits per heavy atom. The molecule has 6 nitrogen and oxygen atoms in total. The first-order valence-corrected chi connectivity index (χ1v) is 8.79. The standard InChI is InChI=1S/C17H20Cl2N2O4/c1-11(22)21-17(8-3-2-4-9-17)16(24)25-10-14(23)20-13-7-5-6-12(18)15(13)19/h5-7H,2-4,8-10H2,1H3,(H,20,23)(H,21,22). The van der Waals surface area contributed by atoms with Gasteiger partial charge in [-0.2, -0.15) is 0 Å². The first-order chi connectivity index (χ1) is 11.8. The number of benzene rings is 1. The average molecular weight is 387 g/mol. The predicted molar refractivity (Wildman–Crippen MR) is 95.7 cm³/mol. The lowest BCUT2D eigenvalue weighted by Crippen LogP contribution is -2.56. The SMILES string of the molecule is CC(=O)NC1(C(=O)OCC(=O)Nc2cccc(Cl)c2Cl)CCCCC1. The molecule has 1 aromatic rings. The summed E-state index contributed by atoms with van der Waals surface area (Å²) in [4.78, 5) is 35.9. The van der Waals surface area contributed by atoms with Gasteiger partial charge in [0.05, 0.1) is 15.7 Å². The minimum Gasteiger partial charge on any atom is -0.454 e. The number of nitrogens with one attached hydrogen (secondary N) is 2. The second-order valence-electron chi connectivity index (χ2n) is 6.05. The molecule has 8 heteroatoms. The van der Waals surface area contributed by atoms with Gasteiger partial charge in [-0.3, -0.25) is 9.59 Å². The van der Waals surface area contributed by atoms with Gasteiger partial charge in [0, 0.05) is 6.92 Å². The molecule has 0 bridgehead atoms. The van der Waals surface area contributed by atoms with E-state index in [2.05, 4.69) is 10.6 Å². The maximum atomic E-state index is 12.5. The number of halogens is 2. The third kappa shape index (κ3) is 5.09. The van der Waals surface area contributed by atoms with Crippen LogP contribution >= 0.6 is 23.2 Å². The summed E-state index contributed by atoms with van der Waals surface area (Å²) in [5.41, 5.74) is -0.706. The maximum Gasteiger partial charge on any atom is 0.332 e. The highest BCUT2D eigenvalue weighted by Crippen LogP contribution is 2.30. The fraction of sp³-hybridized carbons (Fsp3) is 0.471. The van der Waals surface area contributed by atoms with Crippen molar-refractivity contribution in [3.05, 3.63) is 28.2 Å². The van der Waals surface area contributed by atoms with Crippen molar-refractivity contribution in [3.8, 4) is 0 Å². The number of carbonyl (C=O) groups is 3. The molecule has 2 amide bonds. The van der Waals surface area contributed by atoms with E-state index in [1.54, 1.807) is 18.2 Å². The van der Waals surface area contributed by atoms with Gasteiger partial charge in [0.15, 0.2) is 6.61 Å². The van der Waals surface area contributed by atoms with Crippen LogP contribution in [0, 0.1) is 0 Å². The summed E-state index contributed by atoms with van der Waals surface area (Å²) in [6.07, 6.45) is 3.65. The van der Waals surface area contributed by atoms with Crippen molar-refractivity contribution in [2.24, 2.45) is 0 Å². The van der Waals surface area contributed by atoms with E-state index in [9.17, 15) is 14.4 Å². The van der Waals surface area contributed by atoms with E-state index >= 15 is 0 Å². The highest BCUT2D eigenvalue weighted by Gasteiger charge is 2.42. The molecule has 0 unspecified atom stereocenters. The Hall–Kier alpha value is -1.79. The molecular formula is C17H20Cl2N2O4. The van der Waals surface area contributed by atoms with Crippen molar-refractivity contribution in [2.45, 2.75) is 44.6 Å². The molecule has 0 aromatic heterocycles. The third-order valence-electron chi connectivity index (χ3n) is 4.07. The largest absolute Gasteiger partial charge is 0.454 e. The molecule has 0 aliphatic heterocycles. The van der Waals surface area contributed by atoms with Crippen LogP contribution in [0.1, 0.15) is 39.0 Å². The molecule has 1 aliphatic rings. The van der Waals surface area contributed by atoms with Crippen molar-refractivity contribution < 1.29 is 19.1 Å². The summed E-state index contributed by atoms with van der Waals surface area (Å²) in [6.45, 7) is 0.889. The number of hydrogen-bond acceptors (Lipinski definition) is 4. The highest BCUT2D eigenvalue weighted by molar-refractivity contribution is 6.44. The van der Waals surface area contributed by atoms with Gasteiger partial charge in [0.25, 0.3) is 5.91 Å². The van der Waals surface area contributed by atoms with Gasteiger partial charge in [-0.25, -0.2) is 4.79 Å². The van der Waals surface area contributed by atoms with E-state index in [1.807, 2.05) is 0 Å². The Labute approximate surface area is 156 Å². The van der Waals surface area contributed by atoms with Gasteiger partial charge in [-0.15, -0.1) is 0 Å². The molecule has 0 atom stereocenters. The van der Waals surface area contributed by atoms with E-state index in [0.29, 0.717) is 23.6 Å². The van der Waals surface area contributed by atoms with Gasteiger partial charge in [-0.05, 0) is 25.0 Å². The van der Waals surface area contributed by atoms with Crippen molar-refractivity contribution >= 4 is 46.7 Å². The molecule has 2 rings (SSSR count). The predicted octanol–water partition coefficient (Wildman–Crippen LogP) is 3.31. The molecule has 136 valence electrons. The fourth-order valence-corrected chi connectivity index (χ4v) is 3.28. The molecule has 1 fully saturated rings. The third-order valence-corrected chi connectivity index (χ3v) is 4.89. The summed E-state index contributed by atoms with van der Waals surface area (Å²) < 4.78 is 5.15. The lowest BCUT2D eigenvalue weighted by molar-refractivity contribution is -0.157. The van der Waals surface area contributed by atoms with Crippen LogP contribution in [0.3, 0.4) is 0 Å². The van der Waals surface area contributed by atoms with Crippen molar-refractivity contribution in [1.82, 2.24) is 5.32 Å². The van der Waals surface area contributed by atoms with Gasteiger partial charge < -0.3 is 15.4 Å². The smallest absolute Gasteiger partial charge is 0.332 e. The maximum absolute atomic E-state index is 12.5. The summed E-state index contributed by atoms with van der Waals surface area (Å²) in [7, 11) is 0. The molecule has 0 saturated heterocycles. The monoisotopic (exact) mass is 386 g/mol. The number of amides is 2. The van der Waals surface area contributed by atoms with Crippen LogP contribution in [-0.4, -0.2) is 29.9 Å². The second-order valence-corrected chi connectivity index (χ2v) is 6.83. The normalized spacial score (nSPS) is 16.0. The van der Waals surface area contributed by atoms with Crippen LogP contribution < -0.4 is 10.6 Å². The zero-order valence-electron chi connectivity index (χ0n) is 13.9. The number of esters is 1. The van der Waals surface area contributed by atoms with Crippen molar-refractivity contribution in [2.75, 3.05) is 11.9 Å². The Balaban J connectivity index is 1.96. The fourth-order valence-electron chi connectivity index (χ4n) is 2.93. The van der Waals surface area contributed by atoms with Crippen LogP contribution in [0.25, 0.3) is 0 Å². The average Bonchev–Trinajstić information content (AvgIpc) is 2.57. The molecule has 2 N–H and O–H groups in total. The molecule has 25 heavy (non-hydrogen) atoms. The van der Waals surface area contributed by atoms with Crippen LogP contribution in [0.5, 0.6) is 0 Å². The van der Waals surface area contributed by atoms with E-state index in [1.165, 1.54) is 6.92 Å². The van der Waals surface area contributed by atoms with Gasteiger partial charge in [0.2, 0.25) is 5.91 Å². The Morgan fingerprint density at radius 1 is 1.16 bits per heavy atom. The van der Waals surface area contributed by atoms with Crippen LogP contribution in [-0.2, 0) is 19.1 Å². The lowest BCUT2D eigenvalue weighted by Gasteiger charge is -2.35. The molecule has 1 saturated carbocycles. The topological polar surface area (TPSA) is 84.5 Å². The Bertz CT molecular complexity index is 673. The zero-order valence-corrected chi connectivity index (χ0v) is 15.4. The molecule has 0 spiro atoms. The molecule has 0 radical (unpaired) electrons. The van der Waals surface area contributed by atoms with Gasteiger partial charge in [-0.1, -0.05) is 48.5 Å². The molecule has 1 aromatic carbocycles. The van der Waals surface area contributed by atoms with Crippen molar-refractivity contribution in [3.63, 3.8) is 0 Å². The number of anilines is 1. The molecule has 1 aliphatic carbocycles. The van der Waals surface area contributed by atoms with Crippen molar-refractivity contribution in [1.29, 1.82) is 0 Å². The quantitative estimate of drug-likeness (QED) is 0.760.